The Balaban J connectivity index is 1.63. The normalized spacial score (nSPS) is 26.7. The van der Waals surface area contributed by atoms with Crippen molar-refractivity contribution in [2.45, 2.75) is 44.3 Å². The third-order valence-corrected chi connectivity index (χ3v) is 5.50. The van der Waals surface area contributed by atoms with Crippen LogP contribution in [0.15, 0.2) is 24.3 Å². The highest BCUT2D eigenvalue weighted by Crippen LogP contribution is 2.32. The first-order valence-corrected chi connectivity index (χ1v) is 8.89. The number of nitrogens with one attached hydrogen (secondary N) is 1. The fourth-order valence-corrected chi connectivity index (χ4v) is 4.06. The van der Waals surface area contributed by atoms with Gasteiger partial charge in [-0.25, -0.2) is 0 Å². The molecule has 0 spiro atoms. The van der Waals surface area contributed by atoms with E-state index in [0.717, 1.165) is 43.9 Å². The number of amides is 1. The largest absolute Gasteiger partial charge is 0.343 e. The fourth-order valence-electron chi connectivity index (χ4n) is 3.93. The van der Waals surface area contributed by atoms with Crippen LogP contribution >= 0.6 is 11.6 Å². The number of likely N-dealkylation sites (tertiary alicyclic amines) is 2. The molecule has 5 heteroatoms. The van der Waals surface area contributed by atoms with Crippen LogP contribution in [-0.4, -0.2) is 54.5 Å². The number of likely N-dealkylation sites (N-methyl/N-ethyl adjacent to an activating group) is 1. The summed E-state index contributed by atoms with van der Waals surface area (Å²) in [5.74, 6) is 0.197. The van der Waals surface area contributed by atoms with E-state index in [0.29, 0.717) is 18.1 Å². The molecule has 0 saturated carbocycles. The molecular formula is C18H26ClN3O. The van der Waals surface area contributed by atoms with Gasteiger partial charge in [0.05, 0.1) is 0 Å². The molecule has 0 bridgehead atoms. The quantitative estimate of drug-likeness (QED) is 0.922. The standard InChI is InChI=1S/C18H26ClN3O/c1-13(23)22-11-7-16(8-12-22)20-17-9-10-21(2)18(17)14-3-5-15(19)6-4-14/h3-6,16-18,20H,7-12H2,1-2H3/t17-,18-/m0/s1. The minimum atomic E-state index is 0.197. The number of benzene rings is 1. The van der Waals surface area contributed by atoms with Crippen LogP contribution in [0.3, 0.4) is 0 Å². The Morgan fingerprint density at radius 2 is 1.78 bits per heavy atom. The first-order valence-electron chi connectivity index (χ1n) is 8.52. The number of hydrogen-bond acceptors (Lipinski definition) is 3. The Morgan fingerprint density at radius 1 is 1.13 bits per heavy atom. The van der Waals surface area contributed by atoms with E-state index in [1.807, 2.05) is 17.0 Å². The van der Waals surface area contributed by atoms with Crippen molar-refractivity contribution in [1.82, 2.24) is 15.1 Å². The molecule has 2 aliphatic heterocycles. The van der Waals surface area contributed by atoms with Crippen LogP contribution in [0.25, 0.3) is 0 Å². The van der Waals surface area contributed by atoms with Crippen molar-refractivity contribution in [3.8, 4) is 0 Å². The lowest BCUT2D eigenvalue weighted by Gasteiger charge is -2.35. The summed E-state index contributed by atoms with van der Waals surface area (Å²) in [5.41, 5.74) is 1.33. The fraction of sp³-hybridized carbons (Fsp3) is 0.611. The highest BCUT2D eigenvalue weighted by Gasteiger charge is 2.34. The molecule has 1 aromatic carbocycles. The monoisotopic (exact) mass is 335 g/mol. The average Bonchev–Trinajstić information content (AvgIpc) is 2.89. The molecule has 126 valence electrons. The number of carbonyl (C=O) groups is 1. The van der Waals surface area contributed by atoms with Crippen molar-refractivity contribution in [2.75, 3.05) is 26.7 Å². The smallest absolute Gasteiger partial charge is 0.219 e. The van der Waals surface area contributed by atoms with Gasteiger partial charge in [-0.1, -0.05) is 23.7 Å². The highest BCUT2D eigenvalue weighted by atomic mass is 35.5. The summed E-state index contributed by atoms with van der Waals surface area (Å²) in [6.45, 7) is 4.52. The third-order valence-electron chi connectivity index (χ3n) is 5.25. The average molecular weight is 336 g/mol. The molecule has 0 aliphatic carbocycles. The maximum atomic E-state index is 11.4. The zero-order valence-corrected chi connectivity index (χ0v) is 14.7. The third kappa shape index (κ3) is 3.87. The van der Waals surface area contributed by atoms with Gasteiger partial charge in [-0.15, -0.1) is 0 Å². The van der Waals surface area contributed by atoms with Crippen molar-refractivity contribution in [3.05, 3.63) is 34.9 Å². The topological polar surface area (TPSA) is 35.6 Å². The molecule has 2 heterocycles. The molecule has 3 rings (SSSR count). The summed E-state index contributed by atoms with van der Waals surface area (Å²) < 4.78 is 0. The molecule has 2 fully saturated rings. The second-order valence-corrected chi connectivity index (χ2v) is 7.26. The maximum Gasteiger partial charge on any atom is 0.219 e. The minimum absolute atomic E-state index is 0.197. The zero-order valence-electron chi connectivity index (χ0n) is 14.0. The molecule has 4 nitrogen and oxygen atoms in total. The Morgan fingerprint density at radius 3 is 2.39 bits per heavy atom. The predicted octanol–water partition coefficient (Wildman–Crippen LogP) is 2.69. The van der Waals surface area contributed by atoms with Crippen LogP contribution in [0.5, 0.6) is 0 Å². The van der Waals surface area contributed by atoms with Gasteiger partial charge < -0.3 is 10.2 Å². The summed E-state index contributed by atoms with van der Waals surface area (Å²) >= 11 is 6.02. The van der Waals surface area contributed by atoms with Crippen molar-refractivity contribution in [2.24, 2.45) is 0 Å². The second kappa shape index (κ2) is 7.20. The van der Waals surface area contributed by atoms with Gasteiger partial charge >= 0.3 is 0 Å². The number of piperidine rings is 1. The predicted molar refractivity (Wildman–Crippen MR) is 93.6 cm³/mol. The minimum Gasteiger partial charge on any atom is -0.343 e. The second-order valence-electron chi connectivity index (χ2n) is 6.82. The van der Waals surface area contributed by atoms with E-state index in [4.69, 9.17) is 11.6 Å². The van der Waals surface area contributed by atoms with Gasteiger partial charge in [-0.3, -0.25) is 9.69 Å². The Bertz CT molecular complexity index is 540. The molecule has 0 radical (unpaired) electrons. The van der Waals surface area contributed by atoms with Crippen LogP contribution in [0.2, 0.25) is 5.02 Å². The highest BCUT2D eigenvalue weighted by molar-refractivity contribution is 6.30. The van der Waals surface area contributed by atoms with Gasteiger partial charge in [0.1, 0.15) is 0 Å². The lowest BCUT2D eigenvalue weighted by atomic mass is 9.97. The van der Waals surface area contributed by atoms with Crippen molar-refractivity contribution in [1.29, 1.82) is 0 Å². The van der Waals surface area contributed by atoms with Gasteiger partial charge in [0, 0.05) is 49.7 Å². The summed E-state index contributed by atoms with van der Waals surface area (Å²) in [4.78, 5) is 15.8. The Hall–Kier alpha value is -1.10. The van der Waals surface area contributed by atoms with Crippen LogP contribution in [0.4, 0.5) is 0 Å². The van der Waals surface area contributed by atoms with Crippen LogP contribution < -0.4 is 5.32 Å². The molecule has 1 N–H and O–H groups in total. The van der Waals surface area contributed by atoms with Crippen LogP contribution in [0, 0.1) is 0 Å². The van der Waals surface area contributed by atoms with Gasteiger partial charge in [0.25, 0.3) is 0 Å². The molecular weight excluding hydrogens is 310 g/mol. The van der Waals surface area contributed by atoms with Gasteiger partial charge in [0.2, 0.25) is 5.91 Å². The van der Waals surface area contributed by atoms with Crippen LogP contribution in [0.1, 0.15) is 37.8 Å². The van der Waals surface area contributed by atoms with Crippen molar-refractivity contribution >= 4 is 17.5 Å². The zero-order chi connectivity index (χ0) is 16.4. The van der Waals surface area contributed by atoms with Gasteiger partial charge in [-0.2, -0.15) is 0 Å². The van der Waals surface area contributed by atoms with E-state index in [1.54, 1.807) is 6.92 Å². The number of carbonyl (C=O) groups excluding carboxylic acids is 1. The molecule has 2 aliphatic rings. The lowest BCUT2D eigenvalue weighted by Crippen LogP contribution is -2.48. The number of halogens is 1. The molecule has 2 saturated heterocycles. The number of nitrogens with zero attached hydrogens (tertiary/aromatic N) is 2. The van der Waals surface area contributed by atoms with Gasteiger partial charge in [0.15, 0.2) is 0 Å². The summed E-state index contributed by atoms with van der Waals surface area (Å²) in [5, 5.41) is 4.65. The molecule has 0 unspecified atom stereocenters. The Kier molecular flexibility index (Phi) is 5.24. The number of hydrogen-bond donors (Lipinski definition) is 1. The van der Waals surface area contributed by atoms with E-state index < -0.39 is 0 Å². The molecule has 0 aromatic heterocycles. The molecule has 2 atom stereocenters. The van der Waals surface area contributed by atoms with E-state index in [2.05, 4.69) is 29.4 Å². The first-order chi connectivity index (χ1) is 11.0. The lowest BCUT2D eigenvalue weighted by molar-refractivity contribution is -0.129. The summed E-state index contributed by atoms with van der Waals surface area (Å²) in [6, 6.07) is 9.62. The van der Waals surface area contributed by atoms with Crippen molar-refractivity contribution < 1.29 is 4.79 Å². The van der Waals surface area contributed by atoms with Crippen molar-refractivity contribution in [3.63, 3.8) is 0 Å². The van der Waals surface area contributed by atoms with Gasteiger partial charge in [-0.05, 0) is 44.0 Å². The van der Waals surface area contributed by atoms with E-state index in [-0.39, 0.29) is 5.91 Å². The maximum absolute atomic E-state index is 11.4. The summed E-state index contributed by atoms with van der Waals surface area (Å²) in [6.07, 6.45) is 3.26. The van der Waals surface area contributed by atoms with E-state index in [9.17, 15) is 4.79 Å². The summed E-state index contributed by atoms with van der Waals surface area (Å²) in [7, 11) is 2.19. The Labute approximate surface area is 143 Å². The number of rotatable bonds is 3. The first kappa shape index (κ1) is 16.7. The molecule has 1 aromatic rings. The SMILES string of the molecule is CC(=O)N1CCC(N[C@H]2CCN(C)[C@H]2c2ccc(Cl)cc2)CC1. The van der Waals surface area contributed by atoms with E-state index >= 15 is 0 Å². The molecule has 23 heavy (non-hydrogen) atoms. The molecule has 1 amide bonds. The van der Waals surface area contributed by atoms with Crippen LogP contribution in [-0.2, 0) is 4.79 Å². The van der Waals surface area contributed by atoms with E-state index in [1.165, 1.54) is 5.56 Å².